The van der Waals surface area contributed by atoms with Crippen LogP contribution in [0.4, 0.5) is 11.4 Å². The molecule has 9 rings (SSSR count). The largest absolute Gasteiger partial charge is 0.376 e. The first kappa shape index (κ1) is 25.0. The summed E-state index contributed by atoms with van der Waals surface area (Å²) in [7, 11) is 0. The minimum Gasteiger partial charge on any atom is -0.376 e. The van der Waals surface area contributed by atoms with Crippen LogP contribution in [0.5, 0.6) is 0 Å². The number of hydrogen-bond acceptors (Lipinski definition) is 1. The summed E-state index contributed by atoms with van der Waals surface area (Å²) < 4.78 is 0. The Kier molecular flexibility index (Phi) is 5.67. The highest BCUT2D eigenvalue weighted by molar-refractivity contribution is 6.90. The molecule has 0 saturated heterocycles. The Labute approximate surface area is 257 Å². The van der Waals surface area contributed by atoms with Crippen molar-refractivity contribution >= 4 is 61.5 Å². The monoisotopic (exact) mass is 557 g/mol. The molecule has 0 radical (unpaired) electrons. The van der Waals surface area contributed by atoms with Crippen LogP contribution in [-0.4, -0.2) is 6.85 Å². The smallest absolute Gasteiger partial charge is 0.328 e. The molecule has 8 aromatic rings. The van der Waals surface area contributed by atoms with Crippen LogP contribution in [0.3, 0.4) is 0 Å². The minimum absolute atomic E-state index is 0.0358. The number of para-hydroxylation sites is 2. The molecule has 0 amide bonds. The number of rotatable bonds is 3. The van der Waals surface area contributed by atoms with Gasteiger partial charge in [0.15, 0.2) is 0 Å². The van der Waals surface area contributed by atoms with Crippen molar-refractivity contribution in [1.29, 1.82) is 0 Å². The molecule has 0 bridgehead atoms. The normalized spacial score (nSPS) is 12.5. The summed E-state index contributed by atoms with van der Waals surface area (Å²) in [6.45, 7) is 0.0358. The number of benzene rings is 8. The highest BCUT2D eigenvalue weighted by Crippen LogP contribution is 2.41. The van der Waals surface area contributed by atoms with Gasteiger partial charge >= 0.3 is 6.85 Å². The van der Waals surface area contributed by atoms with E-state index in [0.29, 0.717) is 0 Å². The summed E-state index contributed by atoms with van der Waals surface area (Å²) in [5, 5.41) is 7.81. The third-order valence-corrected chi connectivity index (χ3v) is 9.29. The van der Waals surface area contributed by atoms with E-state index < -0.39 is 0 Å². The molecule has 0 aromatic heterocycles. The van der Waals surface area contributed by atoms with Crippen molar-refractivity contribution in [3.05, 3.63) is 170 Å². The zero-order chi connectivity index (χ0) is 29.0. The Balaban J connectivity index is 1.30. The van der Waals surface area contributed by atoms with Crippen molar-refractivity contribution in [2.24, 2.45) is 0 Å². The van der Waals surface area contributed by atoms with Crippen molar-refractivity contribution < 1.29 is 0 Å². The van der Waals surface area contributed by atoms with Gasteiger partial charge in [-0.2, -0.15) is 0 Å². The number of nitrogens with zero attached hydrogens (tertiary/aromatic N) is 1. The zero-order valence-electron chi connectivity index (χ0n) is 24.2. The summed E-state index contributed by atoms with van der Waals surface area (Å²) in [5.41, 5.74) is 10.0. The van der Waals surface area contributed by atoms with Crippen molar-refractivity contribution in [3.63, 3.8) is 0 Å². The molecule has 0 saturated carbocycles. The van der Waals surface area contributed by atoms with Gasteiger partial charge in [0, 0.05) is 16.9 Å². The Hall–Kier alpha value is -5.60. The minimum atomic E-state index is 0.0358. The second-order valence-corrected chi connectivity index (χ2v) is 11.7. The maximum atomic E-state index is 2.51. The summed E-state index contributed by atoms with van der Waals surface area (Å²) in [6.07, 6.45) is 0. The molecule has 2 heteroatoms. The van der Waals surface area contributed by atoms with E-state index in [1.54, 1.807) is 0 Å². The second kappa shape index (κ2) is 10.0. The first-order valence-corrected chi connectivity index (χ1v) is 15.3. The highest BCUT2D eigenvalue weighted by Gasteiger charge is 2.37. The molecule has 1 heterocycles. The number of fused-ring (bicyclic) bond motifs is 9. The Morgan fingerprint density at radius 1 is 0.364 bits per heavy atom. The van der Waals surface area contributed by atoms with E-state index in [9.17, 15) is 0 Å². The topological polar surface area (TPSA) is 3.24 Å². The molecule has 8 aromatic carbocycles. The van der Waals surface area contributed by atoms with Gasteiger partial charge in [0.1, 0.15) is 0 Å². The lowest BCUT2D eigenvalue weighted by Gasteiger charge is -2.39. The van der Waals surface area contributed by atoms with E-state index >= 15 is 0 Å². The Bertz CT molecular complexity index is 2310. The van der Waals surface area contributed by atoms with Gasteiger partial charge in [0.05, 0.1) is 0 Å². The molecular formula is C42H28BN. The number of anilines is 2. The van der Waals surface area contributed by atoms with Gasteiger partial charge in [0.2, 0.25) is 0 Å². The third kappa shape index (κ3) is 3.81. The molecular weight excluding hydrogens is 529 g/mol. The fourth-order valence-corrected chi connectivity index (χ4v) is 7.33. The van der Waals surface area contributed by atoms with Crippen LogP contribution in [-0.2, 0) is 0 Å². The fraction of sp³-hybridized carbons (Fsp3) is 0. The second-order valence-electron chi connectivity index (χ2n) is 11.7. The van der Waals surface area contributed by atoms with Crippen LogP contribution in [0.15, 0.2) is 170 Å². The highest BCUT2D eigenvalue weighted by atomic mass is 15.1. The molecule has 204 valence electrons. The maximum Gasteiger partial charge on any atom is 0.328 e. The van der Waals surface area contributed by atoms with E-state index in [2.05, 4.69) is 175 Å². The van der Waals surface area contributed by atoms with Gasteiger partial charge in [-0.3, -0.25) is 0 Å². The maximum absolute atomic E-state index is 2.51. The molecule has 0 unspecified atom stereocenters. The van der Waals surface area contributed by atoms with E-state index in [-0.39, 0.29) is 6.85 Å². The van der Waals surface area contributed by atoms with Gasteiger partial charge < -0.3 is 4.81 Å². The first-order valence-electron chi connectivity index (χ1n) is 15.3. The van der Waals surface area contributed by atoms with Crippen molar-refractivity contribution in [2.45, 2.75) is 0 Å². The van der Waals surface area contributed by atoms with E-state index in [1.807, 2.05) is 0 Å². The van der Waals surface area contributed by atoms with Crippen LogP contribution in [0.25, 0.3) is 54.6 Å². The zero-order valence-corrected chi connectivity index (χ0v) is 24.2. The quantitative estimate of drug-likeness (QED) is 0.154. The summed E-state index contributed by atoms with van der Waals surface area (Å²) in [5.74, 6) is 0. The predicted octanol–water partition coefficient (Wildman–Crippen LogP) is 9.74. The van der Waals surface area contributed by atoms with Crippen molar-refractivity contribution in [2.75, 3.05) is 4.81 Å². The van der Waals surface area contributed by atoms with Gasteiger partial charge in [-0.15, -0.1) is 0 Å². The van der Waals surface area contributed by atoms with Crippen LogP contribution >= 0.6 is 0 Å². The molecule has 0 fully saturated rings. The van der Waals surface area contributed by atoms with E-state index in [0.717, 1.165) is 0 Å². The Morgan fingerprint density at radius 3 is 1.59 bits per heavy atom. The molecule has 0 aliphatic carbocycles. The molecule has 1 nitrogen and oxygen atoms in total. The van der Waals surface area contributed by atoms with Gasteiger partial charge in [-0.1, -0.05) is 151 Å². The lowest BCUT2D eigenvalue weighted by Crippen LogP contribution is -2.57. The van der Waals surface area contributed by atoms with Crippen LogP contribution < -0.4 is 15.7 Å². The van der Waals surface area contributed by atoms with Gasteiger partial charge in [-0.05, 0) is 78.7 Å². The van der Waals surface area contributed by atoms with Gasteiger partial charge in [-0.25, -0.2) is 0 Å². The van der Waals surface area contributed by atoms with Crippen LogP contribution in [0, 0.1) is 0 Å². The summed E-state index contributed by atoms with van der Waals surface area (Å²) >= 11 is 0. The molecule has 1 aliphatic rings. The summed E-state index contributed by atoms with van der Waals surface area (Å²) in [4.78, 5) is 2.51. The summed E-state index contributed by atoms with van der Waals surface area (Å²) in [6, 6.07) is 62.3. The average Bonchev–Trinajstić information content (AvgIpc) is 3.11. The van der Waals surface area contributed by atoms with Crippen LogP contribution in [0.1, 0.15) is 0 Å². The first-order chi connectivity index (χ1) is 21.8. The Morgan fingerprint density at radius 2 is 0.886 bits per heavy atom. The number of hydrogen-bond donors (Lipinski definition) is 0. The fourth-order valence-electron chi connectivity index (χ4n) is 7.33. The third-order valence-electron chi connectivity index (χ3n) is 9.29. The van der Waals surface area contributed by atoms with E-state index in [4.69, 9.17) is 0 Å². The molecule has 44 heavy (non-hydrogen) atoms. The van der Waals surface area contributed by atoms with Crippen molar-refractivity contribution in [3.8, 4) is 22.3 Å². The molecule has 1 aliphatic heterocycles. The van der Waals surface area contributed by atoms with Crippen LogP contribution in [0.2, 0.25) is 0 Å². The lowest BCUT2D eigenvalue weighted by molar-refractivity contribution is 1.36. The molecule has 0 spiro atoms. The standard InChI is InChI=1S/C42H28BN/c1-3-13-31(14-4-1)43-41-28-30(24-26-38(41)39-21-11-12-22-42(39)44(43)32-15-5-2-6-16-32)29-23-25-37-35-19-8-7-17-33(35)34-18-9-10-20-36(34)40(37)27-29/h1-28H. The predicted molar refractivity (Wildman–Crippen MR) is 190 cm³/mol. The SMILES string of the molecule is c1ccc(B2c3cc(-c4ccc5c6ccccc6c6ccccc6c5c4)ccc3-c3ccccc3N2c2ccccc2)cc1. The van der Waals surface area contributed by atoms with Gasteiger partial charge in [0.25, 0.3) is 0 Å². The van der Waals surface area contributed by atoms with E-state index in [1.165, 1.54) is 76.9 Å². The molecule has 0 atom stereocenters. The lowest BCUT2D eigenvalue weighted by atomic mass is 9.45. The molecule has 0 N–H and O–H groups in total. The average molecular weight is 558 g/mol. The van der Waals surface area contributed by atoms with Crippen molar-refractivity contribution in [1.82, 2.24) is 0 Å².